The molecule has 106 valence electrons. The molecule has 1 aromatic heterocycles. The summed E-state index contributed by atoms with van der Waals surface area (Å²) in [6, 6.07) is 10.2. The first kappa shape index (κ1) is 14.9. The zero-order chi connectivity index (χ0) is 14.2. The molecule has 0 unspecified atom stereocenters. The van der Waals surface area contributed by atoms with E-state index in [1.165, 1.54) is 16.7 Å². The van der Waals surface area contributed by atoms with Crippen LogP contribution in [-0.4, -0.2) is 38.7 Å². The van der Waals surface area contributed by atoms with Crippen LogP contribution in [0.1, 0.15) is 0 Å². The third-order valence-corrected chi connectivity index (χ3v) is 4.49. The number of nitrogens with zero attached hydrogens (tertiary/aromatic N) is 3. The second kappa shape index (κ2) is 7.96. The molecular weight excluding hydrogens is 292 g/mol. The van der Waals surface area contributed by atoms with Crippen molar-refractivity contribution in [1.82, 2.24) is 20.1 Å². The van der Waals surface area contributed by atoms with Crippen LogP contribution in [0.4, 0.5) is 0 Å². The highest BCUT2D eigenvalue weighted by molar-refractivity contribution is 7.99. The Hall–Kier alpha value is -1.47. The van der Waals surface area contributed by atoms with E-state index in [9.17, 15) is 4.79 Å². The summed E-state index contributed by atoms with van der Waals surface area (Å²) < 4.78 is 1.79. The van der Waals surface area contributed by atoms with Crippen LogP contribution in [0, 0.1) is 0 Å². The van der Waals surface area contributed by atoms with Gasteiger partial charge in [-0.05, 0) is 12.1 Å². The number of hydrogen-bond donors (Lipinski definition) is 1. The molecule has 0 spiro atoms. The molecular formula is C13H16N4OS2. The van der Waals surface area contributed by atoms with E-state index in [1.54, 1.807) is 22.7 Å². The first-order valence-corrected chi connectivity index (χ1v) is 8.14. The van der Waals surface area contributed by atoms with Gasteiger partial charge >= 0.3 is 0 Å². The summed E-state index contributed by atoms with van der Waals surface area (Å²) in [5, 5.41) is 11.3. The van der Waals surface area contributed by atoms with Gasteiger partial charge in [0.1, 0.15) is 6.33 Å². The minimum atomic E-state index is 0.0201. The molecule has 0 radical (unpaired) electrons. The fraction of sp³-hybridized carbons (Fsp3) is 0.308. The second-order valence-corrected chi connectivity index (χ2v) is 6.14. The molecule has 0 bridgehead atoms. The van der Waals surface area contributed by atoms with Crippen LogP contribution in [0.25, 0.3) is 0 Å². The lowest BCUT2D eigenvalue weighted by atomic mass is 10.4. The molecule has 5 nitrogen and oxygen atoms in total. The summed E-state index contributed by atoms with van der Waals surface area (Å²) in [7, 11) is 1.86. The van der Waals surface area contributed by atoms with E-state index in [2.05, 4.69) is 27.6 Å². The van der Waals surface area contributed by atoms with Gasteiger partial charge in [0.15, 0.2) is 5.16 Å². The molecule has 1 amide bonds. The molecule has 0 saturated heterocycles. The maximum Gasteiger partial charge on any atom is 0.230 e. The highest BCUT2D eigenvalue weighted by Crippen LogP contribution is 2.16. The van der Waals surface area contributed by atoms with E-state index in [0.29, 0.717) is 12.3 Å². The summed E-state index contributed by atoms with van der Waals surface area (Å²) in [5.41, 5.74) is 0. The molecule has 1 N–H and O–H groups in total. The number of aromatic nitrogens is 3. The van der Waals surface area contributed by atoms with Crippen molar-refractivity contribution in [3.63, 3.8) is 0 Å². The summed E-state index contributed by atoms with van der Waals surface area (Å²) >= 11 is 3.12. The summed E-state index contributed by atoms with van der Waals surface area (Å²) in [5.74, 6) is 1.25. The molecule has 2 aromatic rings. The molecule has 0 aliphatic rings. The predicted molar refractivity (Wildman–Crippen MR) is 81.9 cm³/mol. The van der Waals surface area contributed by atoms with E-state index >= 15 is 0 Å². The average Bonchev–Trinajstić information content (AvgIpc) is 2.88. The molecule has 1 aromatic carbocycles. The molecule has 0 atom stereocenters. The Morgan fingerprint density at radius 2 is 2.10 bits per heavy atom. The van der Waals surface area contributed by atoms with Gasteiger partial charge in [0.25, 0.3) is 0 Å². The van der Waals surface area contributed by atoms with Gasteiger partial charge in [-0.1, -0.05) is 30.0 Å². The summed E-state index contributed by atoms with van der Waals surface area (Å²) in [4.78, 5) is 12.9. The van der Waals surface area contributed by atoms with Crippen LogP contribution in [-0.2, 0) is 11.8 Å². The molecule has 20 heavy (non-hydrogen) atoms. The van der Waals surface area contributed by atoms with Crippen LogP contribution >= 0.6 is 23.5 Å². The third-order valence-electron chi connectivity index (χ3n) is 2.44. The molecule has 0 fully saturated rings. The maximum atomic E-state index is 11.7. The van der Waals surface area contributed by atoms with E-state index in [1.807, 2.05) is 25.2 Å². The third kappa shape index (κ3) is 4.90. The van der Waals surface area contributed by atoms with Crippen LogP contribution in [0.2, 0.25) is 0 Å². The van der Waals surface area contributed by atoms with Crippen molar-refractivity contribution in [1.29, 1.82) is 0 Å². The number of hydrogen-bond acceptors (Lipinski definition) is 5. The number of carbonyl (C=O) groups is 1. The minimum Gasteiger partial charge on any atom is -0.355 e. The van der Waals surface area contributed by atoms with Gasteiger partial charge in [-0.15, -0.1) is 22.0 Å². The van der Waals surface area contributed by atoms with E-state index in [-0.39, 0.29) is 5.91 Å². The highest BCUT2D eigenvalue weighted by Gasteiger charge is 2.06. The van der Waals surface area contributed by atoms with Crippen molar-refractivity contribution >= 4 is 29.4 Å². The monoisotopic (exact) mass is 308 g/mol. The van der Waals surface area contributed by atoms with Gasteiger partial charge < -0.3 is 9.88 Å². The number of thioether (sulfide) groups is 2. The Labute approximate surface area is 126 Å². The molecule has 0 saturated carbocycles. The van der Waals surface area contributed by atoms with Gasteiger partial charge in [0.05, 0.1) is 5.75 Å². The number of rotatable bonds is 7. The van der Waals surface area contributed by atoms with Crippen molar-refractivity contribution in [2.24, 2.45) is 7.05 Å². The lowest BCUT2D eigenvalue weighted by Crippen LogP contribution is -2.27. The van der Waals surface area contributed by atoms with Crippen molar-refractivity contribution in [2.75, 3.05) is 18.1 Å². The van der Waals surface area contributed by atoms with Crippen LogP contribution < -0.4 is 5.32 Å². The van der Waals surface area contributed by atoms with Gasteiger partial charge in [-0.3, -0.25) is 4.79 Å². The number of aryl methyl sites for hydroxylation is 1. The fourth-order valence-electron chi connectivity index (χ4n) is 1.46. The molecule has 2 rings (SSSR count). The first-order chi connectivity index (χ1) is 9.75. The molecule has 0 aliphatic carbocycles. The van der Waals surface area contributed by atoms with Crippen LogP contribution in [0.15, 0.2) is 46.7 Å². The predicted octanol–water partition coefficient (Wildman–Crippen LogP) is 1.82. The zero-order valence-corrected chi connectivity index (χ0v) is 12.8. The van der Waals surface area contributed by atoms with Crippen molar-refractivity contribution in [3.05, 3.63) is 36.7 Å². The van der Waals surface area contributed by atoms with Crippen molar-refractivity contribution in [3.8, 4) is 0 Å². The number of carbonyl (C=O) groups excluding carboxylic acids is 1. The van der Waals surface area contributed by atoms with Gasteiger partial charge in [0.2, 0.25) is 5.91 Å². The fourth-order valence-corrected chi connectivity index (χ4v) is 2.97. The Balaban J connectivity index is 1.60. The lowest BCUT2D eigenvalue weighted by molar-refractivity contribution is -0.118. The average molecular weight is 308 g/mol. The second-order valence-electron chi connectivity index (χ2n) is 4.02. The van der Waals surface area contributed by atoms with Crippen molar-refractivity contribution < 1.29 is 4.79 Å². The Bertz CT molecular complexity index is 544. The highest BCUT2D eigenvalue weighted by atomic mass is 32.2. The number of amides is 1. The Morgan fingerprint density at radius 3 is 2.80 bits per heavy atom. The first-order valence-electron chi connectivity index (χ1n) is 6.17. The number of nitrogens with one attached hydrogen (secondary N) is 1. The standard InChI is InChI=1S/C13H16N4OS2/c1-17-10-15-16-13(17)20-9-12(18)14-7-8-19-11-5-3-2-4-6-11/h2-6,10H,7-9H2,1H3,(H,14,18). The largest absolute Gasteiger partial charge is 0.355 e. The van der Waals surface area contributed by atoms with E-state index < -0.39 is 0 Å². The Kier molecular flexibility index (Phi) is 5.94. The molecule has 7 heteroatoms. The summed E-state index contributed by atoms with van der Waals surface area (Å²) in [6.45, 7) is 0.664. The van der Waals surface area contributed by atoms with Gasteiger partial charge in [-0.2, -0.15) is 0 Å². The summed E-state index contributed by atoms with van der Waals surface area (Å²) in [6.07, 6.45) is 1.62. The normalized spacial score (nSPS) is 10.4. The minimum absolute atomic E-state index is 0.0201. The van der Waals surface area contributed by atoms with Crippen LogP contribution in [0.5, 0.6) is 0 Å². The molecule has 1 heterocycles. The number of benzene rings is 1. The Morgan fingerprint density at radius 1 is 1.30 bits per heavy atom. The van der Waals surface area contributed by atoms with Crippen LogP contribution in [0.3, 0.4) is 0 Å². The quantitative estimate of drug-likeness (QED) is 0.624. The van der Waals surface area contributed by atoms with E-state index in [4.69, 9.17) is 0 Å². The van der Waals surface area contributed by atoms with Gasteiger partial charge in [-0.25, -0.2) is 0 Å². The SMILES string of the molecule is Cn1cnnc1SCC(=O)NCCSc1ccccc1. The molecule has 0 aliphatic heterocycles. The smallest absolute Gasteiger partial charge is 0.230 e. The van der Waals surface area contributed by atoms with Crippen molar-refractivity contribution in [2.45, 2.75) is 10.1 Å². The topological polar surface area (TPSA) is 59.8 Å². The maximum absolute atomic E-state index is 11.7. The van der Waals surface area contributed by atoms with Gasteiger partial charge in [0, 0.05) is 24.2 Å². The zero-order valence-electron chi connectivity index (χ0n) is 11.2. The van der Waals surface area contributed by atoms with E-state index in [0.717, 1.165) is 10.9 Å². The lowest BCUT2D eigenvalue weighted by Gasteiger charge is -2.05.